The molecule has 0 spiro atoms. The fourth-order valence-electron chi connectivity index (χ4n) is 1.68. The molecular formula is C12H9BrN2O2S. The second kappa shape index (κ2) is 4.72. The fourth-order valence-corrected chi connectivity index (χ4v) is 2.78. The molecule has 1 N–H and O–H groups in total. The van der Waals surface area contributed by atoms with E-state index in [1.807, 2.05) is 40.2 Å². The third kappa shape index (κ3) is 2.03. The molecule has 0 atom stereocenters. The highest BCUT2D eigenvalue weighted by Gasteiger charge is 2.14. The zero-order chi connectivity index (χ0) is 12.5. The Morgan fingerprint density at radius 2 is 2.33 bits per heavy atom. The van der Waals surface area contributed by atoms with E-state index >= 15 is 0 Å². The Kier molecular flexibility index (Phi) is 3.07. The Bertz CT molecular complexity index is 692. The van der Waals surface area contributed by atoms with E-state index in [0.717, 1.165) is 9.43 Å². The molecule has 0 saturated carbocycles. The van der Waals surface area contributed by atoms with Gasteiger partial charge in [-0.25, -0.2) is 0 Å². The molecule has 6 heteroatoms. The molecule has 0 aliphatic carbocycles. The van der Waals surface area contributed by atoms with Crippen molar-refractivity contribution >= 4 is 32.2 Å². The number of fused-ring (bicyclic) bond motifs is 1. The molecule has 3 rings (SSSR count). The highest BCUT2D eigenvalue weighted by atomic mass is 79.9. The molecule has 18 heavy (non-hydrogen) atoms. The molecule has 0 bridgehead atoms. The summed E-state index contributed by atoms with van der Waals surface area (Å²) in [6, 6.07) is 7.51. The van der Waals surface area contributed by atoms with Crippen molar-refractivity contribution in [3.05, 3.63) is 46.0 Å². The van der Waals surface area contributed by atoms with Crippen LogP contribution in [0.2, 0.25) is 0 Å². The van der Waals surface area contributed by atoms with Gasteiger partial charge in [0.15, 0.2) is 4.96 Å². The molecule has 0 unspecified atom stereocenters. The largest absolute Gasteiger partial charge is 0.437 e. The number of benzene rings is 1. The molecule has 2 heterocycles. The Morgan fingerprint density at radius 1 is 1.44 bits per heavy atom. The molecule has 92 valence electrons. The number of nitrogens with zero attached hydrogens (tertiary/aromatic N) is 2. The Balaban J connectivity index is 2.01. The molecular weight excluding hydrogens is 316 g/mol. The van der Waals surface area contributed by atoms with Crippen molar-refractivity contribution < 1.29 is 9.84 Å². The van der Waals surface area contributed by atoms with Crippen LogP contribution in [-0.4, -0.2) is 14.5 Å². The summed E-state index contributed by atoms with van der Waals surface area (Å²) in [7, 11) is 0. The minimum atomic E-state index is -0.110. The van der Waals surface area contributed by atoms with Crippen molar-refractivity contribution in [3.63, 3.8) is 0 Å². The van der Waals surface area contributed by atoms with Crippen LogP contribution < -0.4 is 4.74 Å². The minimum Gasteiger partial charge on any atom is -0.437 e. The first-order chi connectivity index (χ1) is 8.78. The number of ether oxygens (including phenoxy) is 1. The second-order valence-corrected chi connectivity index (χ2v) is 5.43. The summed E-state index contributed by atoms with van der Waals surface area (Å²) in [5.41, 5.74) is 0.659. The summed E-state index contributed by atoms with van der Waals surface area (Å²) < 4.78 is 8.48. The van der Waals surface area contributed by atoms with E-state index < -0.39 is 0 Å². The van der Waals surface area contributed by atoms with Crippen LogP contribution in [0, 0.1) is 0 Å². The molecule has 4 nitrogen and oxygen atoms in total. The van der Waals surface area contributed by atoms with Gasteiger partial charge < -0.3 is 9.84 Å². The normalized spacial score (nSPS) is 11.0. The number of aliphatic hydroxyl groups is 1. The predicted molar refractivity (Wildman–Crippen MR) is 73.2 cm³/mol. The highest BCUT2D eigenvalue weighted by Crippen LogP contribution is 2.29. The van der Waals surface area contributed by atoms with E-state index in [4.69, 9.17) is 4.74 Å². The smallest absolute Gasteiger partial charge is 0.244 e. The van der Waals surface area contributed by atoms with Crippen LogP contribution in [0.1, 0.15) is 5.69 Å². The van der Waals surface area contributed by atoms with Gasteiger partial charge >= 0.3 is 0 Å². The van der Waals surface area contributed by atoms with Crippen molar-refractivity contribution in [1.82, 2.24) is 9.38 Å². The van der Waals surface area contributed by atoms with E-state index in [9.17, 15) is 5.11 Å². The van der Waals surface area contributed by atoms with Gasteiger partial charge in [0.25, 0.3) is 0 Å². The summed E-state index contributed by atoms with van der Waals surface area (Å²) in [5, 5.41) is 11.3. The average Bonchev–Trinajstić information content (AvgIpc) is 2.89. The zero-order valence-corrected chi connectivity index (χ0v) is 11.6. The van der Waals surface area contributed by atoms with E-state index in [2.05, 4.69) is 20.9 Å². The van der Waals surface area contributed by atoms with Crippen LogP contribution in [0.4, 0.5) is 0 Å². The quantitative estimate of drug-likeness (QED) is 0.802. The molecule has 3 aromatic rings. The van der Waals surface area contributed by atoms with Gasteiger partial charge in [-0.2, -0.15) is 4.98 Å². The lowest BCUT2D eigenvalue weighted by atomic mass is 10.3. The van der Waals surface area contributed by atoms with Crippen molar-refractivity contribution in [2.45, 2.75) is 6.61 Å². The average molecular weight is 325 g/mol. The number of aromatic nitrogens is 2. The predicted octanol–water partition coefficient (Wildman–Crippen LogP) is 3.44. The van der Waals surface area contributed by atoms with Crippen LogP contribution in [-0.2, 0) is 6.61 Å². The molecule has 0 saturated heterocycles. The van der Waals surface area contributed by atoms with Gasteiger partial charge in [0.05, 0.1) is 6.61 Å². The van der Waals surface area contributed by atoms with Crippen LogP contribution in [0.3, 0.4) is 0 Å². The Hall–Kier alpha value is -1.37. The maximum absolute atomic E-state index is 9.41. The Labute approximate surface area is 116 Å². The summed E-state index contributed by atoms with van der Waals surface area (Å²) in [6.07, 6.45) is 1.87. The third-order valence-corrected chi connectivity index (χ3v) is 3.73. The van der Waals surface area contributed by atoms with Crippen molar-refractivity contribution in [3.8, 4) is 11.6 Å². The minimum absolute atomic E-state index is 0.110. The monoisotopic (exact) mass is 324 g/mol. The fraction of sp³-hybridized carbons (Fsp3) is 0.0833. The van der Waals surface area contributed by atoms with Crippen LogP contribution >= 0.6 is 27.3 Å². The van der Waals surface area contributed by atoms with E-state index in [0.29, 0.717) is 17.3 Å². The SMILES string of the molecule is OCc1c(Oc2cccc(Br)c2)nc2sccn12. The summed E-state index contributed by atoms with van der Waals surface area (Å²) >= 11 is 4.89. The lowest BCUT2D eigenvalue weighted by Gasteiger charge is -2.04. The number of rotatable bonds is 3. The first-order valence-electron chi connectivity index (χ1n) is 5.26. The van der Waals surface area contributed by atoms with E-state index in [1.165, 1.54) is 11.3 Å². The number of aliphatic hydroxyl groups excluding tert-OH is 1. The number of halogens is 1. The standard InChI is InChI=1S/C12H9BrN2O2S/c13-8-2-1-3-9(6-8)17-11-10(7-16)15-4-5-18-12(15)14-11/h1-6,16H,7H2. The van der Waals surface area contributed by atoms with Crippen molar-refractivity contribution in [2.75, 3.05) is 0 Å². The second-order valence-electron chi connectivity index (χ2n) is 3.64. The van der Waals surface area contributed by atoms with Gasteiger partial charge in [-0.3, -0.25) is 4.40 Å². The summed E-state index contributed by atoms with van der Waals surface area (Å²) in [6.45, 7) is -0.110. The number of hydrogen-bond donors (Lipinski definition) is 1. The Morgan fingerprint density at radius 3 is 3.11 bits per heavy atom. The number of thiazole rings is 1. The van der Waals surface area contributed by atoms with E-state index in [1.54, 1.807) is 0 Å². The van der Waals surface area contributed by atoms with Gasteiger partial charge in [0, 0.05) is 16.0 Å². The van der Waals surface area contributed by atoms with Crippen molar-refractivity contribution in [1.29, 1.82) is 0 Å². The van der Waals surface area contributed by atoms with Gasteiger partial charge in [-0.1, -0.05) is 22.0 Å². The molecule has 0 aliphatic heterocycles. The molecule has 0 radical (unpaired) electrons. The highest BCUT2D eigenvalue weighted by molar-refractivity contribution is 9.10. The van der Waals surface area contributed by atoms with Crippen LogP contribution in [0.5, 0.6) is 11.6 Å². The summed E-state index contributed by atoms with van der Waals surface area (Å²) in [5.74, 6) is 1.13. The van der Waals surface area contributed by atoms with Crippen LogP contribution in [0.25, 0.3) is 4.96 Å². The first-order valence-corrected chi connectivity index (χ1v) is 6.94. The maximum Gasteiger partial charge on any atom is 0.244 e. The number of imidazole rings is 1. The molecule has 0 fully saturated rings. The molecule has 2 aromatic heterocycles. The molecule has 1 aromatic carbocycles. The van der Waals surface area contributed by atoms with Crippen molar-refractivity contribution in [2.24, 2.45) is 0 Å². The molecule has 0 amide bonds. The summed E-state index contributed by atoms with van der Waals surface area (Å²) in [4.78, 5) is 5.16. The third-order valence-electron chi connectivity index (χ3n) is 2.48. The first kappa shape index (κ1) is 11.7. The lowest BCUT2D eigenvalue weighted by Crippen LogP contribution is -1.93. The van der Waals surface area contributed by atoms with Gasteiger partial charge in [-0.15, -0.1) is 11.3 Å². The lowest BCUT2D eigenvalue weighted by molar-refractivity contribution is 0.270. The van der Waals surface area contributed by atoms with Gasteiger partial charge in [-0.05, 0) is 18.2 Å². The van der Waals surface area contributed by atoms with Gasteiger partial charge in [0.2, 0.25) is 5.88 Å². The van der Waals surface area contributed by atoms with Gasteiger partial charge in [0.1, 0.15) is 11.4 Å². The van der Waals surface area contributed by atoms with E-state index in [-0.39, 0.29) is 6.61 Å². The molecule has 0 aliphatic rings. The number of hydrogen-bond acceptors (Lipinski definition) is 4. The topological polar surface area (TPSA) is 46.8 Å². The maximum atomic E-state index is 9.41. The zero-order valence-electron chi connectivity index (χ0n) is 9.21. The van der Waals surface area contributed by atoms with Crippen LogP contribution in [0.15, 0.2) is 40.3 Å².